The Balaban J connectivity index is 1.80. The van der Waals surface area contributed by atoms with Crippen molar-refractivity contribution in [3.8, 4) is 11.3 Å². The van der Waals surface area contributed by atoms with E-state index in [-0.39, 0.29) is 5.56 Å². The highest BCUT2D eigenvalue weighted by molar-refractivity contribution is 6.01. The average Bonchev–Trinajstić information content (AvgIpc) is 3.08. The van der Waals surface area contributed by atoms with Gasteiger partial charge in [0.15, 0.2) is 0 Å². The summed E-state index contributed by atoms with van der Waals surface area (Å²) in [5, 5.41) is 9.55. The molecular formula is C19H20N6O. The second-order valence-corrected chi connectivity index (χ2v) is 5.94. The molecule has 0 spiro atoms. The molecule has 0 unspecified atom stereocenters. The lowest BCUT2D eigenvalue weighted by Crippen LogP contribution is -2.23. The standard InChI is InChI=1S/C19H20N6O/c1-20-19(26)14-9-21-8-7-15(14)22-16-6-4-5-13-17-12(11-25(3)23-17)10-24(2)18(13)16/h4-9,11H,10H2,1-3H3,(H,20,26)(H,21,22)/i1D3,10D2. The van der Waals surface area contributed by atoms with Gasteiger partial charge in [-0.15, -0.1) is 0 Å². The quantitative estimate of drug-likeness (QED) is 0.757. The Morgan fingerprint density at radius 2 is 2.19 bits per heavy atom. The number of hydrogen-bond acceptors (Lipinski definition) is 5. The third kappa shape index (κ3) is 2.57. The zero-order valence-electron chi connectivity index (χ0n) is 19.2. The summed E-state index contributed by atoms with van der Waals surface area (Å²) in [5.41, 5.74) is 3.23. The molecule has 1 aliphatic heterocycles. The maximum absolute atomic E-state index is 12.5. The van der Waals surface area contributed by atoms with Gasteiger partial charge in [0, 0.05) is 61.4 Å². The number of carbonyl (C=O) groups is 1. The van der Waals surface area contributed by atoms with Gasteiger partial charge < -0.3 is 15.5 Å². The molecule has 4 rings (SSSR count). The smallest absolute Gasteiger partial charge is 0.254 e. The summed E-state index contributed by atoms with van der Waals surface area (Å²) in [6.07, 6.45) is 4.41. The van der Waals surface area contributed by atoms with Crippen molar-refractivity contribution in [2.45, 2.75) is 6.50 Å². The molecule has 0 saturated heterocycles. The zero-order valence-corrected chi connectivity index (χ0v) is 14.2. The van der Waals surface area contributed by atoms with Crippen molar-refractivity contribution in [3.63, 3.8) is 0 Å². The van der Waals surface area contributed by atoms with Gasteiger partial charge in [0.25, 0.3) is 5.91 Å². The van der Waals surface area contributed by atoms with Crippen molar-refractivity contribution in [3.05, 3.63) is 54.0 Å². The number of para-hydroxylation sites is 1. The largest absolute Gasteiger partial charge is 0.368 e. The first-order chi connectivity index (χ1) is 14.5. The van der Waals surface area contributed by atoms with E-state index in [0.29, 0.717) is 28.3 Å². The molecule has 132 valence electrons. The lowest BCUT2D eigenvalue weighted by Gasteiger charge is -2.29. The van der Waals surface area contributed by atoms with Crippen LogP contribution in [-0.2, 0) is 13.5 Å². The summed E-state index contributed by atoms with van der Waals surface area (Å²) >= 11 is 0. The van der Waals surface area contributed by atoms with Crippen LogP contribution in [0.25, 0.3) is 11.3 Å². The molecule has 2 N–H and O–H groups in total. The predicted octanol–water partition coefficient (Wildman–Crippen LogP) is 2.54. The van der Waals surface area contributed by atoms with Gasteiger partial charge in [0.2, 0.25) is 0 Å². The lowest BCUT2D eigenvalue weighted by atomic mass is 9.99. The van der Waals surface area contributed by atoms with E-state index in [1.54, 1.807) is 43.2 Å². The van der Waals surface area contributed by atoms with Crippen LogP contribution in [0.3, 0.4) is 0 Å². The highest BCUT2D eigenvalue weighted by Gasteiger charge is 2.25. The molecule has 3 aromatic rings. The summed E-state index contributed by atoms with van der Waals surface area (Å²) < 4.78 is 40.6. The van der Waals surface area contributed by atoms with Gasteiger partial charge in [0.05, 0.1) is 31.1 Å². The Morgan fingerprint density at radius 1 is 1.31 bits per heavy atom. The first kappa shape index (κ1) is 11.3. The maximum atomic E-state index is 12.5. The minimum absolute atomic E-state index is 0.0521. The van der Waals surface area contributed by atoms with Crippen molar-refractivity contribution >= 4 is 23.0 Å². The maximum Gasteiger partial charge on any atom is 0.254 e. The van der Waals surface area contributed by atoms with Crippen LogP contribution >= 0.6 is 0 Å². The number of fused-ring (bicyclic) bond motifs is 3. The van der Waals surface area contributed by atoms with Crippen molar-refractivity contribution in [1.29, 1.82) is 0 Å². The Kier molecular flexibility index (Phi) is 2.69. The summed E-state index contributed by atoms with van der Waals surface area (Å²) in [6, 6.07) is 6.97. The normalized spacial score (nSPS) is 17.6. The minimum Gasteiger partial charge on any atom is -0.368 e. The third-order valence-corrected chi connectivity index (χ3v) is 4.19. The Morgan fingerprint density at radius 3 is 3.04 bits per heavy atom. The van der Waals surface area contributed by atoms with Crippen molar-refractivity contribution < 1.29 is 11.6 Å². The predicted molar refractivity (Wildman–Crippen MR) is 102 cm³/mol. The SMILES string of the molecule is [2H]C([2H])([2H])NC(=O)c1cnccc1Nc1cccc2c1N(C)C([2H])([2H])c1cn(C)nc1-2. The number of amides is 1. The summed E-state index contributed by atoms with van der Waals surface area (Å²) in [7, 11) is 3.39. The van der Waals surface area contributed by atoms with Gasteiger partial charge in [-0.3, -0.25) is 14.5 Å². The van der Waals surface area contributed by atoms with Gasteiger partial charge >= 0.3 is 0 Å². The number of carbonyl (C=O) groups excluding carboxylic acids is 1. The first-order valence-electron chi connectivity index (χ1n) is 10.4. The van der Waals surface area contributed by atoms with E-state index >= 15 is 0 Å². The number of anilines is 3. The number of aryl methyl sites for hydroxylation is 1. The molecule has 2 aromatic heterocycles. The molecule has 1 aromatic carbocycles. The van der Waals surface area contributed by atoms with Gasteiger partial charge in [-0.2, -0.15) is 5.10 Å². The van der Waals surface area contributed by atoms with Crippen LogP contribution in [-0.4, -0.2) is 34.7 Å². The molecule has 7 heteroatoms. The molecule has 0 radical (unpaired) electrons. The van der Waals surface area contributed by atoms with E-state index in [9.17, 15) is 4.79 Å². The molecule has 0 aliphatic carbocycles. The molecule has 1 amide bonds. The highest BCUT2D eigenvalue weighted by atomic mass is 16.1. The van der Waals surface area contributed by atoms with Crippen LogP contribution in [0.15, 0.2) is 42.9 Å². The number of benzene rings is 1. The average molecular weight is 353 g/mol. The molecule has 0 fully saturated rings. The van der Waals surface area contributed by atoms with E-state index < -0.39 is 19.4 Å². The zero-order chi connectivity index (χ0) is 22.6. The monoisotopic (exact) mass is 353 g/mol. The fraction of sp³-hybridized carbons (Fsp3) is 0.211. The second kappa shape index (κ2) is 6.18. The van der Waals surface area contributed by atoms with Gasteiger partial charge in [-0.25, -0.2) is 0 Å². The Bertz CT molecular complexity index is 1170. The van der Waals surface area contributed by atoms with Crippen molar-refractivity contribution in [2.75, 3.05) is 24.2 Å². The van der Waals surface area contributed by atoms with E-state index in [1.165, 1.54) is 17.3 Å². The lowest BCUT2D eigenvalue weighted by molar-refractivity contribution is 0.0963. The summed E-state index contributed by atoms with van der Waals surface area (Å²) in [6.45, 7) is -4.45. The van der Waals surface area contributed by atoms with Crippen LogP contribution in [0, 0.1) is 0 Å². The fourth-order valence-electron chi connectivity index (χ4n) is 3.10. The van der Waals surface area contributed by atoms with E-state index in [1.807, 2.05) is 11.4 Å². The number of hydrogen-bond donors (Lipinski definition) is 2. The molecule has 7 nitrogen and oxygen atoms in total. The van der Waals surface area contributed by atoms with Crippen LogP contribution in [0.5, 0.6) is 0 Å². The van der Waals surface area contributed by atoms with E-state index in [2.05, 4.69) is 15.4 Å². The molecule has 26 heavy (non-hydrogen) atoms. The molecule has 3 heterocycles. The summed E-state index contributed by atoms with van der Waals surface area (Å²) in [4.78, 5) is 17.9. The van der Waals surface area contributed by atoms with E-state index in [0.717, 1.165) is 5.56 Å². The summed E-state index contributed by atoms with van der Waals surface area (Å²) in [5.74, 6) is -0.795. The van der Waals surface area contributed by atoms with Gasteiger partial charge in [-0.05, 0) is 12.1 Å². The van der Waals surface area contributed by atoms with Crippen LogP contribution < -0.4 is 15.5 Å². The number of aromatic nitrogens is 3. The second-order valence-electron chi connectivity index (χ2n) is 5.94. The number of rotatable bonds is 3. The third-order valence-electron chi connectivity index (χ3n) is 4.19. The minimum atomic E-state index is -2.64. The number of nitrogens with one attached hydrogen (secondary N) is 2. The topological polar surface area (TPSA) is 75.1 Å². The molecule has 0 saturated carbocycles. The van der Waals surface area contributed by atoms with Gasteiger partial charge in [0.1, 0.15) is 0 Å². The van der Waals surface area contributed by atoms with Crippen LogP contribution in [0.4, 0.5) is 17.1 Å². The highest BCUT2D eigenvalue weighted by Crippen LogP contribution is 2.43. The van der Waals surface area contributed by atoms with Crippen LogP contribution in [0.2, 0.25) is 0 Å². The molecule has 0 bridgehead atoms. The molecular weight excluding hydrogens is 328 g/mol. The van der Waals surface area contributed by atoms with Crippen LogP contribution in [0.1, 0.15) is 22.8 Å². The van der Waals surface area contributed by atoms with Crippen molar-refractivity contribution in [1.82, 2.24) is 20.1 Å². The fourth-order valence-corrected chi connectivity index (χ4v) is 3.10. The van der Waals surface area contributed by atoms with E-state index in [4.69, 9.17) is 6.85 Å². The number of pyridine rings is 1. The number of nitrogens with zero attached hydrogens (tertiary/aromatic N) is 4. The first-order valence-corrected chi connectivity index (χ1v) is 7.94. The Labute approximate surface area is 158 Å². The molecule has 1 aliphatic rings. The molecule has 0 atom stereocenters. The van der Waals surface area contributed by atoms with Crippen molar-refractivity contribution in [2.24, 2.45) is 7.05 Å². The van der Waals surface area contributed by atoms with Gasteiger partial charge in [-0.1, -0.05) is 12.1 Å². The Hall–Kier alpha value is -3.35.